The summed E-state index contributed by atoms with van der Waals surface area (Å²) < 4.78 is 13.1. The van der Waals surface area contributed by atoms with E-state index in [1.165, 1.54) is 4.68 Å². The highest BCUT2D eigenvalue weighted by Gasteiger charge is 2.24. The minimum atomic E-state index is -0.354. The highest BCUT2D eigenvalue weighted by molar-refractivity contribution is 6.31. The first-order chi connectivity index (χ1) is 14.0. The Morgan fingerprint density at radius 2 is 2.14 bits per heavy atom. The molecule has 1 aromatic carbocycles. The molecular weight excluding hydrogens is 398 g/mol. The van der Waals surface area contributed by atoms with Crippen molar-refractivity contribution in [2.24, 2.45) is 18.1 Å². The number of aryl methyl sites for hydroxylation is 1. The summed E-state index contributed by atoms with van der Waals surface area (Å²) in [5.74, 6) is 1.50. The first kappa shape index (κ1) is 19.3. The van der Waals surface area contributed by atoms with Gasteiger partial charge >= 0.3 is 5.69 Å². The summed E-state index contributed by atoms with van der Waals surface area (Å²) in [5.41, 5.74) is 2.41. The second-order valence-electron chi connectivity index (χ2n) is 6.87. The lowest BCUT2D eigenvalue weighted by Gasteiger charge is -2.21. The molecule has 0 fully saturated rings. The number of rotatable bonds is 5. The number of benzene rings is 1. The van der Waals surface area contributed by atoms with Crippen LogP contribution in [0.3, 0.4) is 0 Å². The van der Waals surface area contributed by atoms with Crippen LogP contribution >= 0.6 is 11.6 Å². The molecule has 0 N–H and O–H groups in total. The Labute approximate surface area is 171 Å². The van der Waals surface area contributed by atoms with Crippen molar-refractivity contribution in [1.29, 1.82) is 0 Å². The third kappa shape index (κ3) is 3.65. The maximum absolute atomic E-state index is 12.3. The normalized spacial score (nSPS) is 18.8. The topological polar surface area (TPSA) is 92.8 Å². The number of hydrogen-bond acceptors (Lipinski definition) is 7. The van der Waals surface area contributed by atoms with E-state index in [4.69, 9.17) is 25.9 Å². The molecule has 2 heterocycles. The van der Waals surface area contributed by atoms with Gasteiger partial charge in [-0.1, -0.05) is 29.8 Å². The largest absolute Gasteiger partial charge is 0.454 e. The number of fused-ring (bicyclic) bond motifs is 1. The van der Waals surface area contributed by atoms with Crippen LogP contribution in [0.4, 0.5) is 0 Å². The van der Waals surface area contributed by atoms with Gasteiger partial charge in [-0.2, -0.15) is 9.36 Å². The van der Waals surface area contributed by atoms with Crippen molar-refractivity contribution < 1.29 is 14.3 Å². The molecule has 2 aliphatic rings. The van der Waals surface area contributed by atoms with Gasteiger partial charge in [0.2, 0.25) is 6.79 Å². The summed E-state index contributed by atoms with van der Waals surface area (Å²) >= 11 is 6.54. The van der Waals surface area contributed by atoms with E-state index >= 15 is 0 Å². The van der Waals surface area contributed by atoms with Crippen molar-refractivity contribution in [1.82, 2.24) is 19.8 Å². The summed E-state index contributed by atoms with van der Waals surface area (Å²) in [4.78, 5) is 17.9. The standard InChI is InChI=1S/C19H20ClN5O4/c1-11-4-6-15(25-19(26)24(3)22-23-25)14(18(11)20)9-29-21-12(2)13-5-7-16-17(8-13)28-10-27-16/h5-8,11H,4,9-10H2,1-3H3/b21-12-/t11-/m1/s1. The molecule has 1 aliphatic heterocycles. The summed E-state index contributed by atoms with van der Waals surface area (Å²) in [6.45, 7) is 4.16. The van der Waals surface area contributed by atoms with Crippen molar-refractivity contribution in [3.8, 4) is 11.5 Å². The molecule has 1 aromatic heterocycles. The molecule has 2 aromatic rings. The molecule has 9 nitrogen and oxygen atoms in total. The van der Waals surface area contributed by atoms with E-state index in [1.807, 2.05) is 38.1 Å². The van der Waals surface area contributed by atoms with E-state index in [-0.39, 0.29) is 25.0 Å². The Morgan fingerprint density at radius 3 is 2.90 bits per heavy atom. The maximum atomic E-state index is 12.3. The number of hydrogen-bond donors (Lipinski definition) is 0. The van der Waals surface area contributed by atoms with Gasteiger partial charge in [-0.25, -0.2) is 4.79 Å². The molecule has 0 saturated heterocycles. The Hall–Kier alpha value is -3.07. The molecule has 1 aliphatic carbocycles. The molecule has 152 valence electrons. The van der Waals surface area contributed by atoms with Gasteiger partial charge in [0.1, 0.15) is 6.61 Å². The second kappa shape index (κ2) is 7.75. The number of nitrogens with zero attached hydrogens (tertiary/aromatic N) is 5. The molecule has 0 bridgehead atoms. The zero-order valence-corrected chi connectivity index (χ0v) is 17.0. The van der Waals surface area contributed by atoms with Gasteiger partial charge in [-0.05, 0) is 47.9 Å². The summed E-state index contributed by atoms with van der Waals surface area (Å²) in [5, 5.41) is 12.5. The summed E-state index contributed by atoms with van der Waals surface area (Å²) in [6.07, 6.45) is 2.61. The van der Waals surface area contributed by atoms with Crippen LogP contribution in [0.25, 0.3) is 5.70 Å². The zero-order valence-electron chi connectivity index (χ0n) is 16.3. The van der Waals surface area contributed by atoms with E-state index in [9.17, 15) is 4.79 Å². The minimum Gasteiger partial charge on any atom is -0.454 e. The summed E-state index contributed by atoms with van der Waals surface area (Å²) in [6, 6.07) is 5.57. The van der Waals surface area contributed by atoms with E-state index < -0.39 is 0 Å². The van der Waals surface area contributed by atoms with Crippen LogP contribution in [0.5, 0.6) is 11.5 Å². The first-order valence-corrected chi connectivity index (χ1v) is 9.48. The summed E-state index contributed by atoms with van der Waals surface area (Å²) in [7, 11) is 1.54. The fourth-order valence-electron chi connectivity index (χ4n) is 3.12. The lowest BCUT2D eigenvalue weighted by molar-refractivity contribution is 0.169. The van der Waals surface area contributed by atoms with Gasteiger partial charge in [-0.15, -0.1) is 0 Å². The van der Waals surface area contributed by atoms with Crippen molar-refractivity contribution in [3.05, 3.63) is 50.9 Å². The van der Waals surface area contributed by atoms with Crippen molar-refractivity contribution in [2.45, 2.75) is 20.3 Å². The molecule has 0 saturated carbocycles. The lowest BCUT2D eigenvalue weighted by Crippen LogP contribution is -2.26. The molecular formula is C19H20ClN5O4. The monoisotopic (exact) mass is 417 g/mol. The van der Waals surface area contributed by atoms with Gasteiger partial charge in [0.15, 0.2) is 11.5 Å². The van der Waals surface area contributed by atoms with Crippen molar-refractivity contribution in [3.63, 3.8) is 0 Å². The van der Waals surface area contributed by atoms with Crippen LogP contribution < -0.4 is 15.2 Å². The SMILES string of the molecule is C/C(=N/OCC1=C(Cl)[C@H](C)CC=C1n1nnn(C)c1=O)c1ccc2c(c1)OCO2. The molecule has 1 atom stereocenters. The number of aromatic nitrogens is 4. The Kier molecular flexibility index (Phi) is 5.14. The Bertz CT molecular complexity index is 1100. The average Bonchev–Trinajstić information content (AvgIpc) is 3.31. The number of allylic oxidation sites excluding steroid dienone is 2. The van der Waals surface area contributed by atoms with Gasteiger partial charge in [-0.3, -0.25) is 0 Å². The van der Waals surface area contributed by atoms with Gasteiger partial charge in [0, 0.05) is 23.2 Å². The third-order valence-electron chi connectivity index (χ3n) is 4.85. The molecule has 0 amide bonds. The lowest BCUT2D eigenvalue weighted by atomic mass is 9.95. The molecule has 0 radical (unpaired) electrons. The van der Waals surface area contributed by atoms with Crippen LogP contribution in [0.2, 0.25) is 0 Å². The highest BCUT2D eigenvalue weighted by atomic mass is 35.5. The predicted molar refractivity (Wildman–Crippen MR) is 107 cm³/mol. The second-order valence-corrected chi connectivity index (χ2v) is 7.27. The van der Waals surface area contributed by atoms with E-state index in [2.05, 4.69) is 15.6 Å². The molecule has 0 spiro atoms. The molecule has 0 unspecified atom stereocenters. The van der Waals surface area contributed by atoms with Crippen LogP contribution in [0.15, 0.2) is 44.8 Å². The van der Waals surface area contributed by atoms with Crippen molar-refractivity contribution >= 4 is 23.0 Å². The Balaban J connectivity index is 1.54. The quantitative estimate of drug-likeness (QED) is 0.548. The van der Waals surface area contributed by atoms with Crippen LogP contribution in [0.1, 0.15) is 25.8 Å². The first-order valence-electron chi connectivity index (χ1n) is 9.10. The average molecular weight is 418 g/mol. The van der Waals surface area contributed by atoms with E-state index in [0.717, 1.165) is 10.2 Å². The fourth-order valence-corrected chi connectivity index (χ4v) is 3.37. The maximum Gasteiger partial charge on any atom is 0.368 e. The smallest absolute Gasteiger partial charge is 0.368 e. The zero-order chi connectivity index (χ0) is 20.5. The Morgan fingerprint density at radius 1 is 1.34 bits per heavy atom. The third-order valence-corrected chi connectivity index (χ3v) is 5.45. The number of halogens is 1. The van der Waals surface area contributed by atoms with Gasteiger partial charge in [0.05, 0.1) is 11.4 Å². The number of oxime groups is 1. The minimum absolute atomic E-state index is 0.0971. The van der Waals surface area contributed by atoms with Gasteiger partial charge in [0.25, 0.3) is 0 Å². The van der Waals surface area contributed by atoms with Crippen LogP contribution in [-0.2, 0) is 11.9 Å². The van der Waals surface area contributed by atoms with E-state index in [0.29, 0.717) is 39.9 Å². The highest BCUT2D eigenvalue weighted by Crippen LogP contribution is 2.34. The molecule has 4 rings (SSSR count). The number of ether oxygens (including phenoxy) is 2. The molecule has 10 heteroatoms. The number of tetrazole rings is 1. The fraction of sp³-hybridized carbons (Fsp3) is 0.368. The van der Waals surface area contributed by atoms with Crippen molar-refractivity contribution in [2.75, 3.05) is 13.4 Å². The van der Waals surface area contributed by atoms with Crippen LogP contribution in [0, 0.1) is 5.92 Å². The van der Waals surface area contributed by atoms with Gasteiger partial charge < -0.3 is 14.3 Å². The predicted octanol–water partition coefficient (Wildman–Crippen LogP) is 2.52. The van der Waals surface area contributed by atoms with Crippen LogP contribution in [-0.4, -0.2) is 38.9 Å². The molecule has 29 heavy (non-hydrogen) atoms. The van der Waals surface area contributed by atoms with E-state index in [1.54, 1.807) is 7.05 Å².